The minimum atomic E-state index is -0.603. The van der Waals surface area contributed by atoms with Crippen molar-refractivity contribution in [1.29, 1.82) is 0 Å². The Morgan fingerprint density at radius 3 is 2.52 bits per heavy atom. The summed E-state index contributed by atoms with van der Waals surface area (Å²) in [4.78, 5) is 28.2. The number of pyridine rings is 1. The van der Waals surface area contributed by atoms with Crippen LogP contribution in [0.5, 0.6) is 0 Å². The fraction of sp³-hybridized carbons (Fsp3) is 0.591. The zero-order valence-electron chi connectivity index (χ0n) is 16.8. The largest absolute Gasteiger partial charge is 0.461 e. The lowest BCUT2D eigenvalue weighted by Gasteiger charge is -2.30. The molecule has 1 heterocycles. The Bertz CT molecular complexity index is 693. The van der Waals surface area contributed by atoms with Crippen LogP contribution in [0.1, 0.15) is 69.0 Å². The molecule has 29 heavy (non-hydrogen) atoms. The van der Waals surface area contributed by atoms with Gasteiger partial charge in [-0.15, -0.1) is 0 Å². The van der Waals surface area contributed by atoms with Crippen molar-refractivity contribution >= 4 is 18.0 Å². The van der Waals surface area contributed by atoms with Gasteiger partial charge < -0.3 is 10.1 Å². The smallest absolute Gasteiger partial charge is 0.323 e. The Hall–Kier alpha value is -2.25. The number of ether oxygens (including phenoxy) is 1. The second-order valence-electron chi connectivity index (χ2n) is 8.00. The molecule has 0 radical (unpaired) electrons. The Morgan fingerprint density at radius 1 is 1.14 bits per heavy atom. The fourth-order valence-corrected chi connectivity index (χ4v) is 4.22. The Labute approximate surface area is 171 Å². The number of esters is 1. The van der Waals surface area contributed by atoms with Crippen LogP contribution in [0.25, 0.3) is 6.08 Å². The molecule has 0 aliphatic heterocycles. The molecule has 2 saturated carbocycles. The van der Waals surface area contributed by atoms with Gasteiger partial charge in [-0.2, -0.15) is 0 Å². The van der Waals surface area contributed by atoms with Crippen molar-refractivity contribution in [3.05, 3.63) is 35.7 Å². The summed E-state index contributed by atoms with van der Waals surface area (Å²) >= 11 is 0. The first-order chi connectivity index (χ1) is 14.2. The van der Waals surface area contributed by atoms with E-state index in [4.69, 9.17) is 9.94 Å². The van der Waals surface area contributed by atoms with Crippen LogP contribution in [0.2, 0.25) is 0 Å². The van der Waals surface area contributed by atoms with Gasteiger partial charge in [-0.1, -0.05) is 25.3 Å². The molecule has 1 amide bonds. The van der Waals surface area contributed by atoms with E-state index in [0.29, 0.717) is 18.2 Å². The maximum atomic E-state index is 12.9. The van der Waals surface area contributed by atoms with Gasteiger partial charge in [0.15, 0.2) is 0 Å². The van der Waals surface area contributed by atoms with Gasteiger partial charge in [0.1, 0.15) is 12.1 Å². The van der Waals surface area contributed by atoms with Crippen LogP contribution >= 0.6 is 0 Å². The van der Waals surface area contributed by atoms with Crippen molar-refractivity contribution in [3.8, 4) is 0 Å². The average molecular weight is 402 g/mol. The lowest BCUT2D eigenvalue weighted by atomic mass is 9.83. The molecule has 3 rings (SSSR count). The van der Waals surface area contributed by atoms with Gasteiger partial charge in [-0.25, -0.2) is 5.48 Å². The molecule has 3 N–H and O–H groups in total. The molecule has 0 saturated heterocycles. The van der Waals surface area contributed by atoms with Crippen molar-refractivity contribution in [3.63, 3.8) is 0 Å². The van der Waals surface area contributed by atoms with Crippen molar-refractivity contribution in [1.82, 2.24) is 15.8 Å². The predicted octanol–water partition coefficient (Wildman–Crippen LogP) is 3.12. The van der Waals surface area contributed by atoms with Crippen LogP contribution in [-0.2, 0) is 20.9 Å². The highest BCUT2D eigenvalue weighted by molar-refractivity contribution is 5.90. The summed E-state index contributed by atoms with van der Waals surface area (Å²) in [5, 5.41) is 11.9. The van der Waals surface area contributed by atoms with Crippen LogP contribution in [-0.4, -0.2) is 34.2 Å². The van der Waals surface area contributed by atoms with Crippen LogP contribution in [0.4, 0.5) is 0 Å². The summed E-state index contributed by atoms with van der Waals surface area (Å²) < 4.78 is 5.81. The van der Waals surface area contributed by atoms with Gasteiger partial charge in [-0.05, 0) is 62.1 Å². The maximum absolute atomic E-state index is 12.9. The normalized spacial score (nSPS) is 19.3. The monoisotopic (exact) mass is 401 g/mol. The van der Waals surface area contributed by atoms with E-state index in [0.717, 1.165) is 44.1 Å². The van der Waals surface area contributed by atoms with Crippen molar-refractivity contribution in [2.75, 3.05) is 0 Å². The standard InChI is InChI=1S/C22H31N3O4/c26-20(25-28)13-12-18-11-10-16(14-23-18)15-24-21(17-6-2-1-3-7-17)22(27)29-19-8-4-5-9-19/h10-14,17,19,21,24,28H,1-9,15H2,(H,25,26)/b13-12+/t21-/m0/s1. The fourth-order valence-electron chi connectivity index (χ4n) is 4.22. The molecule has 1 aromatic rings. The highest BCUT2D eigenvalue weighted by Crippen LogP contribution is 2.29. The third-order valence-corrected chi connectivity index (χ3v) is 5.85. The zero-order valence-corrected chi connectivity index (χ0v) is 16.8. The summed E-state index contributed by atoms with van der Waals surface area (Å²) in [7, 11) is 0. The van der Waals surface area contributed by atoms with E-state index in [1.165, 1.54) is 36.9 Å². The van der Waals surface area contributed by atoms with Crippen LogP contribution in [0, 0.1) is 5.92 Å². The van der Waals surface area contributed by atoms with Gasteiger partial charge in [0.2, 0.25) is 0 Å². The molecule has 2 aliphatic carbocycles. The van der Waals surface area contributed by atoms with E-state index in [1.807, 2.05) is 6.07 Å². The number of nitrogens with one attached hydrogen (secondary N) is 2. The highest BCUT2D eigenvalue weighted by Gasteiger charge is 2.32. The Balaban J connectivity index is 1.58. The summed E-state index contributed by atoms with van der Waals surface area (Å²) in [6.07, 6.45) is 14.5. The molecule has 0 aromatic carbocycles. The van der Waals surface area contributed by atoms with Gasteiger partial charge in [0.25, 0.3) is 5.91 Å². The van der Waals surface area contributed by atoms with Crippen LogP contribution < -0.4 is 10.8 Å². The molecule has 0 bridgehead atoms. The number of nitrogens with zero attached hydrogens (tertiary/aromatic N) is 1. The Kier molecular flexibility index (Phi) is 8.19. The SMILES string of the molecule is O=C(/C=C/c1ccc(CN[C@H](C(=O)OC2CCCC2)C2CCCCC2)cn1)NO. The van der Waals surface area contributed by atoms with E-state index < -0.39 is 5.91 Å². The molecule has 1 atom stereocenters. The third-order valence-electron chi connectivity index (χ3n) is 5.85. The topological polar surface area (TPSA) is 101 Å². The number of hydroxylamine groups is 1. The van der Waals surface area contributed by atoms with E-state index in [1.54, 1.807) is 12.3 Å². The Morgan fingerprint density at radius 2 is 1.86 bits per heavy atom. The summed E-state index contributed by atoms with van der Waals surface area (Å²) in [6, 6.07) is 3.44. The van der Waals surface area contributed by atoms with E-state index in [-0.39, 0.29) is 18.1 Å². The first-order valence-electron chi connectivity index (χ1n) is 10.7. The number of carbonyl (C=O) groups is 2. The quantitative estimate of drug-likeness (QED) is 0.268. The van der Waals surface area contributed by atoms with E-state index in [9.17, 15) is 9.59 Å². The molecule has 1 aromatic heterocycles. The second kappa shape index (κ2) is 11.1. The number of amides is 1. The van der Waals surface area contributed by atoms with Gasteiger partial charge in [0.05, 0.1) is 5.69 Å². The van der Waals surface area contributed by atoms with Gasteiger partial charge in [-0.3, -0.25) is 19.8 Å². The average Bonchev–Trinajstić information content (AvgIpc) is 3.26. The third kappa shape index (κ3) is 6.65. The van der Waals surface area contributed by atoms with Gasteiger partial charge >= 0.3 is 5.97 Å². The molecule has 2 aliphatic rings. The minimum absolute atomic E-state index is 0.0826. The molecular weight excluding hydrogens is 370 g/mol. The number of hydrogen-bond acceptors (Lipinski definition) is 6. The van der Waals surface area contributed by atoms with Crippen molar-refractivity contribution < 1.29 is 19.5 Å². The molecule has 7 heteroatoms. The second-order valence-corrected chi connectivity index (χ2v) is 8.00. The summed E-state index contributed by atoms with van der Waals surface area (Å²) in [6.45, 7) is 0.537. The van der Waals surface area contributed by atoms with Crippen LogP contribution in [0.3, 0.4) is 0 Å². The van der Waals surface area contributed by atoms with E-state index in [2.05, 4.69) is 10.3 Å². The number of hydrogen-bond donors (Lipinski definition) is 3. The zero-order chi connectivity index (χ0) is 20.5. The predicted molar refractivity (Wildman–Crippen MR) is 109 cm³/mol. The molecule has 0 unspecified atom stereocenters. The van der Waals surface area contributed by atoms with Crippen molar-refractivity contribution in [2.45, 2.75) is 76.5 Å². The first-order valence-corrected chi connectivity index (χ1v) is 10.7. The lowest BCUT2D eigenvalue weighted by Crippen LogP contribution is -2.45. The molecule has 0 spiro atoms. The summed E-state index contributed by atoms with van der Waals surface area (Å²) in [5.74, 6) is -0.384. The van der Waals surface area contributed by atoms with E-state index >= 15 is 0 Å². The molecule has 158 valence electrons. The first kappa shape index (κ1) is 21.5. The minimum Gasteiger partial charge on any atom is -0.461 e. The number of aromatic nitrogens is 1. The lowest BCUT2D eigenvalue weighted by molar-refractivity contribution is -0.153. The number of rotatable bonds is 8. The summed E-state index contributed by atoms with van der Waals surface area (Å²) in [5.41, 5.74) is 3.11. The molecular formula is C22H31N3O4. The van der Waals surface area contributed by atoms with Crippen molar-refractivity contribution in [2.24, 2.45) is 5.92 Å². The molecule has 2 fully saturated rings. The number of carbonyl (C=O) groups excluding carboxylic acids is 2. The highest BCUT2D eigenvalue weighted by atomic mass is 16.5. The van der Waals surface area contributed by atoms with Crippen LogP contribution in [0.15, 0.2) is 24.4 Å². The molecule has 7 nitrogen and oxygen atoms in total. The maximum Gasteiger partial charge on any atom is 0.323 e. The van der Waals surface area contributed by atoms with Gasteiger partial charge in [0, 0.05) is 18.8 Å².